The Morgan fingerprint density at radius 2 is 1.97 bits per heavy atom. The van der Waals surface area contributed by atoms with Crippen LogP contribution in [0.3, 0.4) is 0 Å². The molecule has 3 rings (SSSR count). The first-order chi connectivity index (χ1) is 14.1. The fourth-order valence-electron chi connectivity index (χ4n) is 4.18. The van der Waals surface area contributed by atoms with Crippen molar-refractivity contribution in [1.29, 1.82) is 0 Å². The van der Waals surface area contributed by atoms with Crippen molar-refractivity contribution in [3.63, 3.8) is 0 Å². The summed E-state index contributed by atoms with van der Waals surface area (Å²) in [5.74, 6) is 1.00. The van der Waals surface area contributed by atoms with Gasteiger partial charge in [-0.15, -0.1) is 24.0 Å². The van der Waals surface area contributed by atoms with Crippen LogP contribution in [0.25, 0.3) is 11.0 Å². The van der Waals surface area contributed by atoms with Crippen molar-refractivity contribution >= 4 is 46.9 Å². The van der Waals surface area contributed by atoms with Gasteiger partial charge >= 0.3 is 0 Å². The molecular weight excluding hydrogens is 491 g/mol. The minimum absolute atomic E-state index is 0. The van der Waals surface area contributed by atoms with Crippen LogP contribution in [0.2, 0.25) is 0 Å². The highest BCUT2D eigenvalue weighted by atomic mass is 127. The summed E-state index contributed by atoms with van der Waals surface area (Å²) in [6.07, 6.45) is 6.95. The Morgan fingerprint density at radius 3 is 2.67 bits per heavy atom. The lowest BCUT2D eigenvalue weighted by Gasteiger charge is -2.29. The molecule has 2 aromatic rings. The lowest BCUT2D eigenvalue weighted by atomic mass is 9.85. The second-order valence-electron chi connectivity index (χ2n) is 8.09. The number of amides is 1. The SMILES string of the molecule is CCNC(=NCC1(C(=O)N(C)C)CCCC1)NCCCn1cnc2ccccc21.I. The van der Waals surface area contributed by atoms with Gasteiger partial charge in [0, 0.05) is 33.7 Å². The summed E-state index contributed by atoms with van der Waals surface area (Å²) in [5.41, 5.74) is 1.86. The first-order valence-corrected chi connectivity index (χ1v) is 10.7. The smallest absolute Gasteiger partial charge is 0.230 e. The predicted octanol–water partition coefficient (Wildman–Crippen LogP) is 3.25. The van der Waals surface area contributed by atoms with E-state index in [1.807, 2.05) is 38.6 Å². The second kappa shape index (κ2) is 11.5. The molecule has 1 aromatic carbocycles. The van der Waals surface area contributed by atoms with Gasteiger partial charge in [-0.2, -0.15) is 0 Å². The molecule has 1 aliphatic rings. The average Bonchev–Trinajstić information content (AvgIpc) is 3.36. The monoisotopic (exact) mass is 526 g/mol. The number of nitrogens with zero attached hydrogens (tertiary/aromatic N) is 4. The molecular formula is C22H35IN6O. The van der Waals surface area contributed by atoms with Crippen LogP contribution in [0.5, 0.6) is 0 Å². The van der Waals surface area contributed by atoms with Crippen molar-refractivity contribution in [2.75, 3.05) is 33.7 Å². The number of aliphatic imine (C=N–C) groups is 1. The Kier molecular flexibility index (Phi) is 9.38. The number of hydrogen-bond donors (Lipinski definition) is 2. The molecule has 2 N–H and O–H groups in total. The summed E-state index contributed by atoms with van der Waals surface area (Å²) in [6.45, 7) is 5.12. The van der Waals surface area contributed by atoms with Gasteiger partial charge in [-0.25, -0.2) is 4.98 Å². The number of aromatic nitrogens is 2. The average molecular weight is 526 g/mol. The number of guanidine groups is 1. The molecule has 30 heavy (non-hydrogen) atoms. The zero-order valence-electron chi connectivity index (χ0n) is 18.4. The van der Waals surface area contributed by atoms with Gasteiger partial charge in [-0.05, 0) is 38.3 Å². The topological polar surface area (TPSA) is 74.6 Å². The van der Waals surface area contributed by atoms with Gasteiger partial charge in [-0.1, -0.05) is 25.0 Å². The van der Waals surface area contributed by atoms with E-state index in [0.717, 1.165) is 63.2 Å². The molecule has 1 amide bonds. The van der Waals surface area contributed by atoms with Crippen LogP contribution < -0.4 is 10.6 Å². The lowest BCUT2D eigenvalue weighted by Crippen LogP contribution is -2.43. The number of hydrogen-bond acceptors (Lipinski definition) is 3. The normalized spacial score (nSPS) is 15.6. The number of nitrogens with one attached hydrogen (secondary N) is 2. The lowest BCUT2D eigenvalue weighted by molar-refractivity contribution is -0.138. The van der Waals surface area contributed by atoms with Crippen LogP contribution in [0.1, 0.15) is 39.0 Å². The molecule has 166 valence electrons. The van der Waals surface area contributed by atoms with Gasteiger partial charge in [0.15, 0.2) is 5.96 Å². The number of aryl methyl sites for hydroxylation is 1. The van der Waals surface area contributed by atoms with Crippen LogP contribution in [0, 0.1) is 5.41 Å². The minimum atomic E-state index is -0.332. The first kappa shape index (κ1) is 24.4. The number of fused-ring (bicyclic) bond motifs is 1. The van der Waals surface area contributed by atoms with Crippen LogP contribution in [-0.2, 0) is 11.3 Å². The second-order valence-corrected chi connectivity index (χ2v) is 8.09. The van der Waals surface area contributed by atoms with E-state index in [0.29, 0.717) is 6.54 Å². The first-order valence-electron chi connectivity index (χ1n) is 10.7. The summed E-state index contributed by atoms with van der Waals surface area (Å²) < 4.78 is 2.18. The minimum Gasteiger partial charge on any atom is -0.357 e. The maximum atomic E-state index is 12.7. The quantitative estimate of drug-likeness (QED) is 0.240. The molecule has 7 nitrogen and oxygen atoms in total. The van der Waals surface area contributed by atoms with Gasteiger partial charge in [0.2, 0.25) is 5.91 Å². The van der Waals surface area contributed by atoms with Gasteiger partial charge in [0.05, 0.1) is 29.3 Å². The van der Waals surface area contributed by atoms with Crippen molar-refractivity contribution < 1.29 is 4.79 Å². The number of benzene rings is 1. The van der Waals surface area contributed by atoms with Gasteiger partial charge in [0.1, 0.15) is 0 Å². The van der Waals surface area contributed by atoms with Crippen molar-refractivity contribution in [3.05, 3.63) is 30.6 Å². The van der Waals surface area contributed by atoms with E-state index < -0.39 is 0 Å². The molecule has 0 atom stereocenters. The molecule has 8 heteroatoms. The number of carbonyl (C=O) groups excluding carboxylic acids is 1. The summed E-state index contributed by atoms with van der Waals surface area (Å²) in [5, 5.41) is 6.73. The van der Waals surface area contributed by atoms with Gasteiger partial charge in [-0.3, -0.25) is 9.79 Å². The largest absolute Gasteiger partial charge is 0.357 e. The van der Waals surface area contributed by atoms with Crippen LogP contribution in [0.4, 0.5) is 0 Å². The molecule has 0 saturated heterocycles. The van der Waals surface area contributed by atoms with Crippen LogP contribution in [0.15, 0.2) is 35.6 Å². The number of imidazole rings is 1. The van der Waals surface area contributed by atoms with E-state index in [1.165, 1.54) is 5.52 Å². The van der Waals surface area contributed by atoms with E-state index in [2.05, 4.69) is 33.2 Å². The third-order valence-corrected chi connectivity index (χ3v) is 5.70. The number of halogens is 1. The molecule has 0 spiro atoms. The van der Waals surface area contributed by atoms with Crippen LogP contribution >= 0.6 is 24.0 Å². The number of rotatable bonds is 8. The summed E-state index contributed by atoms with van der Waals surface area (Å²) in [7, 11) is 3.69. The number of carbonyl (C=O) groups is 1. The zero-order valence-corrected chi connectivity index (χ0v) is 20.7. The summed E-state index contributed by atoms with van der Waals surface area (Å²) in [6, 6.07) is 8.19. The fourth-order valence-corrected chi connectivity index (χ4v) is 4.18. The van der Waals surface area contributed by atoms with E-state index >= 15 is 0 Å². The highest BCUT2D eigenvalue weighted by Gasteiger charge is 2.42. The van der Waals surface area contributed by atoms with Gasteiger partial charge < -0.3 is 20.1 Å². The molecule has 0 radical (unpaired) electrons. The maximum Gasteiger partial charge on any atom is 0.230 e. The zero-order chi connectivity index (χ0) is 20.7. The van der Waals surface area contributed by atoms with E-state index in [9.17, 15) is 4.79 Å². The Bertz CT molecular complexity index is 841. The van der Waals surface area contributed by atoms with Crippen LogP contribution in [-0.4, -0.2) is 60.0 Å². The summed E-state index contributed by atoms with van der Waals surface area (Å²) >= 11 is 0. The fraction of sp³-hybridized carbons (Fsp3) is 0.591. The molecule has 0 aliphatic heterocycles. The molecule has 1 aliphatic carbocycles. The maximum absolute atomic E-state index is 12.7. The van der Waals surface area contributed by atoms with E-state index in [-0.39, 0.29) is 35.3 Å². The molecule has 1 aromatic heterocycles. The summed E-state index contributed by atoms with van der Waals surface area (Å²) in [4.78, 5) is 23.7. The van der Waals surface area contributed by atoms with Gasteiger partial charge in [0.25, 0.3) is 0 Å². The Hall–Kier alpha value is -1.84. The molecule has 0 bridgehead atoms. The molecule has 0 unspecified atom stereocenters. The Morgan fingerprint density at radius 1 is 1.23 bits per heavy atom. The van der Waals surface area contributed by atoms with Crippen molar-refractivity contribution in [1.82, 2.24) is 25.1 Å². The van der Waals surface area contributed by atoms with E-state index in [4.69, 9.17) is 4.99 Å². The molecule has 1 fully saturated rings. The molecule has 1 saturated carbocycles. The Labute approximate surface area is 196 Å². The highest BCUT2D eigenvalue weighted by Crippen LogP contribution is 2.39. The Balaban J connectivity index is 0.00000320. The van der Waals surface area contributed by atoms with Crippen molar-refractivity contribution in [2.45, 2.75) is 45.6 Å². The third kappa shape index (κ3) is 5.86. The van der Waals surface area contributed by atoms with Crippen molar-refractivity contribution in [2.24, 2.45) is 10.4 Å². The standard InChI is InChI=1S/C22H34N6O.HI/c1-4-23-21(25-16-22(12-7-8-13-22)20(29)27(2)3)24-14-9-15-28-17-26-18-10-5-6-11-19(18)28;/h5-6,10-11,17H,4,7-9,12-16H2,1-3H3,(H2,23,24,25);1H. The van der Waals surface area contributed by atoms with Crippen molar-refractivity contribution in [3.8, 4) is 0 Å². The van der Waals surface area contributed by atoms with E-state index in [1.54, 1.807) is 4.90 Å². The highest BCUT2D eigenvalue weighted by molar-refractivity contribution is 14.0. The molecule has 1 heterocycles. The predicted molar refractivity (Wildman–Crippen MR) is 133 cm³/mol. The third-order valence-electron chi connectivity index (χ3n) is 5.70. The number of para-hydroxylation sites is 2.